The fraction of sp³-hybridized carbons (Fsp3) is 0.773. The van der Waals surface area contributed by atoms with Crippen LogP contribution in [0.2, 0.25) is 0 Å². The van der Waals surface area contributed by atoms with Crippen LogP contribution in [0.25, 0.3) is 12.2 Å². The van der Waals surface area contributed by atoms with Gasteiger partial charge in [-0.2, -0.15) is 0 Å². The van der Waals surface area contributed by atoms with Gasteiger partial charge in [0.2, 0.25) is 0 Å². The van der Waals surface area contributed by atoms with Gasteiger partial charge in [-0.15, -0.1) is 11.6 Å². The Morgan fingerprint density at radius 2 is 1.82 bits per heavy atom. The summed E-state index contributed by atoms with van der Waals surface area (Å²) in [5.74, 6) is 0.251. The summed E-state index contributed by atoms with van der Waals surface area (Å²) in [6.45, 7) is 7.35. The van der Waals surface area contributed by atoms with E-state index in [0.717, 1.165) is 49.7 Å². The zero-order valence-corrected chi connectivity index (χ0v) is 18.0. The van der Waals surface area contributed by atoms with Crippen molar-refractivity contribution in [3.8, 4) is 0 Å². The summed E-state index contributed by atoms with van der Waals surface area (Å²) in [6, 6.07) is 0.980. The van der Waals surface area contributed by atoms with E-state index in [1.165, 1.54) is 25.7 Å². The molecule has 0 radical (unpaired) electrons. The number of nitrogens with zero attached hydrogens (tertiary/aromatic N) is 2. The molecule has 2 heterocycles. The predicted octanol–water partition coefficient (Wildman–Crippen LogP) is 2.37. The molecule has 1 saturated carbocycles. The smallest absolute Gasteiger partial charge is 0.326 e. The number of ether oxygens (including phenoxy) is 1. The molecule has 1 aromatic heterocycles. The van der Waals surface area contributed by atoms with E-state index in [4.69, 9.17) is 16.3 Å². The van der Waals surface area contributed by atoms with E-state index in [2.05, 4.69) is 29.8 Å². The number of alkyl halides is 1. The highest BCUT2D eigenvalue weighted by atomic mass is 35.5. The minimum absolute atomic E-state index is 0.0162. The molecule has 3 aliphatic rings. The van der Waals surface area contributed by atoms with Gasteiger partial charge < -0.3 is 14.6 Å². The molecule has 0 aromatic carbocycles. The molecular formula is C22H34ClN3O2. The molecule has 0 spiro atoms. The first-order valence-corrected chi connectivity index (χ1v) is 11.5. The first-order valence-electron chi connectivity index (χ1n) is 11.1. The standard InChI is InChI=1S/C22H34ClN3O2/c1-3-12-28-18-6-4-16(5-7-18)25-10-8-17(9-11-25)26-21-13-15(2)19(23)14-20(21)24-22(26)27/h13-19H,3-12H2,1-2H3,(H,24,27)/t15?,16-,18-,19?. The topological polar surface area (TPSA) is 50.3 Å². The zero-order valence-electron chi connectivity index (χ0n) is 17.2. The van der Waals surface area contributed by atoms with Crippen LogP contribution >= 0.6 is 11.6 Å². The summed E-state index contributed by atoms with van der Waals surface area (Å²) in [4.78, 5) is 18.3. The van der Waals surface area contributed by atoms with Crippen LogP contribution in [0.4, 0.5) is 0 Å². The van der Waals surface area contributed by atoms with Crippen molar-refractivity contribution in [2.45, 2.75) is 82.4 Å². The lowest BCUT2D eigenvalue weighted by atomic mass is 9.90. The van der Waals surface area contributed by atoms with Gasteiger partial charge in [-0.25, -0.2) is 4.79 Å². The van der Waals surface area contributed by atoms with Crippen molar-refractivity contribution in [1.82, 2.24) is 14.5 Å². The second kappa shape index (κ2) is 8.76. The highest BCUT2D eigenvalue weighted by Gasteiger charge is 2.30. The molecule has 1 saturated heterocycles. The van der Waals surface area contributed by atoms with Crippen molar-refractivity contribution >= 4 is 23.8 Å². The van der Waals surface area contributed by atoms with E-state index < -0.39 is 0 Å². The number of aromatic nitrogens is 2. The SMILES string of the molecule is CCCO[C@H]1CC[C@H](N2CCC(n3c(=O)[nH]c4c3=CC(C)C(Cl)C=4)CC2)CC1. The van der Waals surface area contributed by atoms with Gasteiger partial charge in [-0.05, 0) is 56.9 Å². The molecule has 1 aliphatic heterocycles. The van der Waals surface area contributed by atoms with Crippen molar-refractivity contribution in [2.24, 2.45) is 5.92 Å². The molecule has 28 heavy (non-hydrogen) atoms. The summed E-state index contributed by atoms with van der Waals surface area (Å²) in [5, 5.41) is 1.90. The number of hydrogen-bond acceptors (Lipinski definition) is 3. The summed E-state index contributed by atoms with van der Waals surface area (Å²) in [7, 11) is 0. The number of hydrogen-bond donors (Lipinski definition) is 1. The van der Waals surface area contributed by atoms with Crippen LogP contribution in [-0.4, -0.2) is 51.7 Å². The Balaban J connectivity index is 1.38. The third-order valence-corrected chi connectivity index (χ3v) is 7.35. The Morgan fingerprint density at radius 3 is 2.50 bits per heavy atom. The fourth-order valence-corrected chi connectivity index (χ4v) is 5.36. The van der Waals surface area contributed by atoms with E-state index in [-0.39, 0.29) is 23.0 Å². The van der Waals surface area contributed by atoms with Crippen molar-refractivity contribution < 1.29 is 4.74 Å². The van der Waals surface area contributed by atoms with E-state index in [0.29, 0.717) is 12.1 Å². The van der Waals surface area contributed by atoms with E-state index in [9.17, 15) is 4.79 Å². The molecule has 2 atom stereocenters. The van der Waals surface area contributed by atoms with E-state index in [1.54, 1.807) is 0 Å². The number of H-pyrrole nitrogens is 1. The van der Waals surface area contributed by atoms with Crippen LogP contribution in [0, 0.1) is 5.92 Å². The van der Waals surface area contributed by atoms with Gasteiger partial charge in [0, 0.05) is 31.8 Å². The van der Waals surface area contributed by atoms with Crippen molar-refractivity contribution in [2.75, 3.05) is 19.7 Å². The number of likely N-dealkylation sites (tertiary alicyclic amines) is 1. The van der Waals surface area contributed by atoms with Gasteiger partial charge in [0.15, 0.2) is 0 Å². The third-order valence-electron chi connectivity index (χ3n) is 6.83. The highest BCUT2D eigenvalue weighted by Crippen LogP contribution is 2.29. The van der Waals surface area contributed by atoms with Crippen molar-refractivity contribution in [3.63, 3.8) is 0 Å². The van der Waals surface area contributed by atoms with Crippen LogP contribution in [0.1, 0.15) is 64.8 Å². The Hall–Kier alpha value is -1.04. The van der Waals surface area contributed by atoms with E-state index in [1.807, 2.05) is 10.6 Å². The first kappa shape index (κ1) is 20.2. The van der Waals surface area contributed by atoms with Gasteiger partial charge >= 0.3 is 5.69 Å². The van der Waals surface area contributed by atoms with Crippen molar-refractivity contribution in [1.29, 1.82) is 0 Å². The van der Waals surface area contributed by atoms with E-state index >= 15 is 0 Å². The third kappa shape index (κ3) is 4.12. The summed E-state index contributed by atoms with van der Waals surface area (Å²) in [5.41, 5.74) is 0.0162. The molecule has 156 valence electrons. The zero-order chi connectivity index (χ0) is 19.7. The second-order valence-electron chi connectivity index (χ2n) is 8.80. The minimum atomic E-state index is -0.0442. The van der Waals surface area contributed by atoms with Crippen LogP contribution in [-0.2, 0) is 4.74 Å². The number of halogens is 1. The van der Waals surface area contributed by atoms with Gasteiger partial charge in [-0.3, -0.25) is 4.57 Å². The molecule has 2 unspecified atom stereocenters. The molecule has 1 aromatic rings. The Labute approximate surface area is 172 Å². The molecular weight excluding hydrogens is 374 g/mol. The Kier molecular flexibility index (Phi) is 6.34. The lowest BCUT2D eigenvalue weighted by molar-refractivity contribution is 0.00238. The number of nitrogens with one attached hydrogen (secondary N) is 1. The number of aromatic amines is 1. The highest BCUT2D eigenvalue weighted by molar-refractivity contribution is 6.24. The molecule has 6 heteroatoms. The maximum absolute atomic E-state index is 12.6. The Bertz CT molecular complexity index is 829. The molecule has 1 N–H and O–H groups in total. The lowest BCUT2D eigenvalue weighted by Gasteiger charge is -2.41. The molecule has 0 amide bonds. The normalized spacial score (nSPS) is 31.8. The average molecular weight is 408 g/mol. The summed E-state index contributed by atoms with van der Waals surface area (Å²) >= 11 is 6.35. The average Bonchev–Trinajstić information content (AvgIpc) is 3.02. The van der Waals surface area contributed by atoms with Crippen LogP contribution in [0.5, 0.6) is 0 Å². The predicted molar refractivity (Wildman–Crippen MR) is 114 cm³/mol. The maximum atomic E-state index is 12.6. The fourth-order valence-electron chi connectivity index (χ4n) is 5.16. The monoisotopic (exact) mass is 407 g/mol. The number of rotatable bonds is 5. The van der Waals surface area contributed by atoms with Gasteiger partial charge in [0.05, 0.1) is 22.2 Å². The number of fused-ring (bicyclic) bond motifs is 1. The van der Waals surface area contributed by atoms with Crippen LogP contribution in [0.3, 0.4) is 0 Å². The molecule has 2 aliphatic carbocycles. The van der Waals surface area contributed by atoms with Crippen molar-refractivity contribution in [3.05, 3.63) is 21.2 Å². The van der Waals surface area contributed by atoms with Gasteiger partial charge in [0.1, 0.15) is 0 Å². The quantitative estimate of drug-likeness (QED) is 0.762. The molecule has 5 nitrogen and oxygen atoms in total. The number of piperidine rings is 1. The molecule has 2 fully saturated rings. The number of imidazole rings is 1. The summed E-state index contributed by atoms with van der Waals surface area (Å²) in [6.07, 6.45) is 12.7. The molecule has 4 rings (SSSR count). The molecule has 0 bridgehead atoms. The maximum Gasteiger partial charge on any atom is 0.326 e. The van der Waals surface area contributed by atoms with Crippen LogP contribution in [0.15, 0.2) is 4.79 Å². The van der Waals surface area contributed by atoms with Gasteiger partial charge in [-0.1, -0.05) is 19.9 Å². The largest absolute Gasteiger partial charge is 0.378 e. The van der Waals surface area contributed by atoms with Gasteiger partial charge in [0.25, 0.3) is 0 Å². The Morgan fingerprint density at radius 1 is 1.11 bits per heavy atom. The van der Waals surface area contributed by atoms with Crippen LogP contribution < -0.4 is 16.4 Å². The second-order valence-corrected chi connectivity index (χ2v) is 9.31. The summed E-state index contributed by atoms with van der Waals surface area (Å²) < 4.78 is 7.94. The minimum Gasteiger partial charge on any atom is -0.378 e. The lowest BCUT2D eigenvalue weighted by Crippen LogP contribution is -2.47. The first-order chi connectivity index (χ1) is 13.6.